The van der Waals surface area contributed by atoms with Gasteiger partial charge in [0.25, 0.3) is 0 Å². The molecule has 0 spiro atoms. The number of hydrogen-bond donors (Lipinski definition) is 1. The Labute approximate surface area is 175 Å². The number of allylic oxidation sites excluding steroid dienone is 2. The van der Waals surface area contributed by atoms with Gasteiger partial charge in [0.1, 0.15) is 0 Å². The topological polar surface area (TPSA) is 12.0 Å². The molecule has 3 aromatic carbocycles. The van der Waals surface area contributed by atoms with Crippen LogP contribution in [0.5, 0.6) is 0 Å². The average Bonchev–Trinajstić information content (AvgIpc) is 2.73. The largest absolute Gasteiger partial charge is 0.385 e. The molecule has 0 unspecified atom stereocenters. The second kappa shape index (κ2) is 9.60. The third-order valence-electron chi connectivity index (χ3n) is 6.07. The first kappa shape index (κ1) is 19.5. The van der Waals surface area contributed by atoms with Crippen molar-refractivity contribution in [3.8, 4) is 11.1 Å². The van der Waals surface area contributed by atoms with Gasteiger partial charge in [-0.1, -0.05) is 78.4 Å². The van der Waals surface area contributed by atoms with Crippen LogP contribution in [0, 0.1) is 6.92 Å². The van der Waals surface area contributed by atoms with Gasteiger partial charge < -0.3 is 5.32 Å². The molecule has 3 aromatic rings. The Hall–Kier alpha value is -2.80. The molecule has 0 aliphatic heterocycles. The molecule has 1 fully saturated rings. The monoisotopic (exact) mass is 381 g/mol. The molecule has 1 saturated carbocycles. The van der Waals surface area contributed by atoms with Crippen molar-refractivity contribution in [2.75, 3.05) is 11.9 Å². The second-order valence-corrected chi connectivity index (χ2v) is 8.07. The number of benzene rings is 3. The zero-order valence-corrected chi connectivity index (χ0v) is 17.5. The van der Waals surface area contributed by atoms with Crippen LogP contribution in [0.15, 0.2) is 84.4 Å². The fourth-order valence-corrected chi connectivity index (χ4v) is 4.09. The minimum atomic E-state index is 1.00. The molecule has 0 aromatic heterocycles. The molecule has 0 saturated heterocycles. The Morgan fingerprint density at radius 2 is 1.59 bits per heavy atom. The van der Waals surface area contributed by atoms with Crippen molar-refractivity contribution in [3.63, 3.8) is 0 Å². The van der Waals surface area contributed by atoms with E-state index in [0.717, 1.165) is 25.8 Å². The summed E-state index contributed by atoms with van der Waals surface area (Å²) < 4.78 is 0. The molecule has 1 N–H and O–H groups in total. The summed E-state index contributed by atoms with van der Waals surface area (Å²) in [5, 5.41) is 3.70. The number of anilines is 1. The fraction of sp³-hybridized carbons (Fsp3) is 0.286. The highest BCUT2D eigenvalue weighted by molar-refractivity contribution is 5.73. The molecule has 1 heteroatoms. The number of nitrogens with one attached hydrogen (secondary N) is 1. The summed E-state index contributed by atoms with van der Waals surface area (Å²) in [6.45, 7) is 3.28. The second-order valence-electron chi connectivity index (χ2n) is 8.07. The Balaban J connectivity index is 1.50. The van der Waals surface area contributed by atoms with Crippen molar-refractivity contribution >= 4 is 5.69 Å². The maximum absolute atomic E-state index is 3.70. The summed E-state index contributed by atoms with van der Waals surface area (Å²) in [7, 11) is 0. The van der Waals surface area contributed by atoms with E-state index in [4.69, 9.17) is 0 Å². The molecule has 0 radical (unpaired) electrons. The summed E-state index contributed by atoms with van der Waals surface area (Å²) in [6, 6.07) is 26.1. The molecule has 0 bridgehead atoms. The van der Waals surface area contributed by atoms with Crippen molar-refractivity contribution in [3.05, 3.63) is 101 Å². The van der Waals surface area contributed by atoms with Crippen LogP contribution in [-0.2, 0) is 12.8 Å². The van der Waals surface area contributed by atoms with Gasteiger partial charge in [0, 0.05) is 12.2 Å². The first-order valence-electron chi connectivity index (χ1n) is 10.9. The molecule has 4 rings (SSSR count). The van der Waals surface area contributed by atoms with Gasteiger partial charge in [-0.3, -0.25) is 0 Å². The molecule has 29 heavy (non-hydrogen) atoms. The zero-order valence-electron chi connectivity index (χ0n) is 17.5. The van der Waals surface area contributed by atoms with Crippen LogP contribution in [0.25, 0.3) is 11.1 Å². The summed E-state index contributed by atoms with van der Waals surface area (Å²) in [5.41, 5.74) is 9.86. The van der Waals surface area contributed by atoms with Crippen molar-refractivity contribution in [1.82, 2.24) is 0 Å². The maximum Gasteiger partial charge on any atom is 0.0373 e. The van der Waals surface area contributed by atoms with E-state index in [1.165, 1.54) is 52.8 Å². The molecular formula is C28H31N. The van der Waals surface area contributed by atoms with Gasteiger partial charge in [-0.25, -0.2) is 0 Å². The van der Waals surface area contributed by atoms with Crippen LogP contribution in [0.2, 0.25) is 0 Å². The van der Waals surface area contributed by atoms with Crippen LogP contribution >= 0.6 is 0 Å². The Morgan fingerprint density at radius 1 is 0.862 bits per heavy atom. The molecular weight excluding hydrogens is 350 g/mol. The van der Waals surface area contributed by atoms with Crippen LogP contribution in [-0.4, -0.2) is 6.54 Å². The van der Waals surface area contributed by atoms with Crippen molar-refractivity contribution in [2.45, 2.75) is 45.4 Å². The van der Waals surface area contributed by atoms with E-state index in [0.29, 0.717) is 0 Å². The first-order chi connectivity index (χ1) is 14.3. The fourth-order valence-electron chi connectivity index (χ4n) is 4.09. The average molecular weight is 382 g/mol. The van der Waals surface area contributed by atoms with E-state index in [1.807, 2.05) is 0 Å². The number of hydrogen-bond acceptors (Lipinski definition) is 1. The third kappa shape index (κ3) is 4.98. The Morgan fingerprint density at radius 3 is 2.28 bits per heavy atom. The molecule has 1 aliphatic rings. The maximum atomic E-state index is 3.70. The molecule has 0 atom stereocenters. The predicted octanol–water partition coefficient (Wildman–Crippen LogP) is 7.36. The third-order valence-corrected chi connectivity index (χ3v) is 6.07. The van der Waals surface area contributed by atoms with Gasteiger partial charge in [-0.15, -0.1) is 0 Å². The van der Waals surface area contributed by atoms with E-state index in [-0.39, 0.29) is 0 Å². The van der Waals surface area contributed by atoms with Gasteiger partial charge in [0.15, 0.2) is 0 Å². The molecule has 0 amide bonds. The Kier molecular flexibility index (Phi) is 6.46. The van der Waals surface area contributed by atoms with Crippen LogP contribution in [0.1, 0.15) is 42.4 Å². The molecule has 148 valence electrons. The quantitative estimate of drug-likeness (QED) is 0.317. The zero-order chi connectivity index (χ0) is 19.9. The van der Waals surface area contributed by atoms with E-state index < -0.39 is 0 Å². The molecule has 1 aliphatic carbocycles. The van der Waals surface area contributed by atoms with E-state index in [1.54, 1.807) is 5.57 Å². The van der Waals surface area contributed by atoms with Crippen molar-refractivity contribution in [1.29, 1.82) is 0 Å². The lowest BCUT2D eigenvalue weighted by Gasteiger charge is -2.20. The van der Waals surface area contributed by atoms with Crippen LogP contribution in [0.3, 0.4) is 0 Å². The standard InChI is InChI=1S/C28H31N/c1-22-26(18-17-24-12-8-13-24)27(25-15-6-3-7-16-25)19-20-28(22)29-21-9-14-23-10-4-2-5-11-23/h2-7,10-11,15-17,19-20,29H,8-9,12-14,18,21H2,1H3. The van der Waals surface area contributed by atoms with Gasteiger partial charge in [-0.2, -0.15) is 0 Å². The number of aryl methyl sites for hydroxylation is 1. The lowest BCUT2D eigenvalue weighted by Crippen LogP contribution is -2.07. The smallest absolute Gasteiger partial charge is 0.0373 e. The summed E-state index contributed by atoms with van der Waals surface area (Å²) >= 11 is 0. The Bertz CT molecular complexity index is 948. The molecule has 1 nitrogen and oxygen atoms in total. The minimum Gasteiger partial charge on any atom is -0.385 e. The summed E-state index contributed by atoms with van der Waals surface area (Å²) in [5.74, 6) is 0. The first-order valence-corrected chi connectivity index (χ1v) is 10.9. The van der Waals surface area contributed by atoms with Gasteiger partial charge in [0.2, 0.25) is 0 Å². The number of rotatable bonds is 8. The lowest BCUT2D eigenvalue weighted by molar-refractivity contribution is 0.658. The van der Waals surface area contributed by atoms with Gasteiger partial charge in [-0.05, 0) is 79.3 Å². The summed E-state index contributed by atoms with van der Waals surface area (Å²) in [4.78, 5) is 0. The van der Waals surface area contributed by atoms with E-state index in [9.17, 15) is 0 Å². The van der Waals surface area contributed by atoms with E-state index in [2.05, 4.69) is 91.1 Å². The highest BCUT2D eigenvalue weighted by Gasteiger charge is 2.13. The van der Waals surface area contributed by atoms with E-state index >= 15 is 0 Å². The van der Waals surface area contributed by atoms with Crippen LogP contribution < -0.4 is 5.32 Å². The molecule has 0 heterocycles. The normalized spacial score (nSPS) is 13.1. The van der Waals surface area contributed by atoms with Gasteiger partial charge in [0.05, 0.1) is 0 Å². The highest BCUT2D eigenvalue weighted by Crippen LogP contribution is 2.33. The lowest BCUT2D eigenvalue weighted by atomic mass is 9.88. The van der Waals surface area contributed by atoms with Crippen molar-refractivity contribution < 1.29 is 0 Å². The van der Waals surface area contributed by atoms with Crippen molar-refractivity contribution in [2.24, 2.45) is 0 Å². The minimum absolute atomic E-state index is 1.00. The highest BCUT2D eigenvalue weighted by atomic mass is 14.9. The predicted molar refractivity (Wildman–Crippen MR) is 126 cm³/mol. The summed E-state index contributed by atoms with van der Waals surface area (Å²) in [6.07, 6.45) is 9.70. The van der Waals surface area contributed by atoms with Gasteiger partial charge >= 0.3 is 0 Å². The SMILES string of the molecule is Cc1c(NCCCc2ccccc2)ccc(-c2ccccc2)c1CC=C1CCC1. The van der Waals surface area contributed by atoms with Crippen LogP contribution in [0.4, 0.5) is 5.69 Å².